The number of benzene rings is 4. The molecule has 6 N–H and O–H groups in total. The SMILES string of the molecule is C=CCC[C@@H](OC)[C@@H](C)C(=O)N[C@H](C(=O)N[C@@H](Cc1cccc(O[Si](C)(C)C(C)(C)C)c1)C(=O)N1CCC[C@@H](C(=O)O[C@@H]2CCc3ccc(C=C)cc32)N1)C(C)C.CO[C@@H]1CC/C=C/c2ccc3c(c2)[C@@H](CC3)OC(=O)[C@@H]2CCCN(N2)C(=O)[C@H](Cc2cccc(O)c2)NC(=O)[C@H](C(C)C)CC(=O)[C@@H]1C. The van der Waals surface area contributed by atoms with Crippen molar-refractivity contribution in [3.05, 3.63) is 155 Å². The molecule has 4 aromatic rings. The number of hydrazine groups is 2. The summed E-state index contributed by atoms with van der Waals surface area (Å²) in [6, 6.07) is 22.1. The lowest BCUT2D eigenvalue weighted by molar-refractivity contribution is -0.159. The average molecular weight is 1460 g/mol. The predicted octanol–water partition coefficient (Wildman–Crippen LogP) is 12.1. The van der Waals surface area contributed by atoms with Gasteiger partial charge < -0.3 is 44.4 Å². The number of allylic oxidation sites excluding steroid dienone is 2. The number of phenols is 1. The molecule has 570 valence electrons. The second-order valence-electron chi connectivity index (χ2n) is 31.1. The quantitative estimate of drug-likeness (QED) is 0.0242. The number of esters is 2. The van der Waals surface area contributed by atoms with Gasteiger partial charge in [0, 0.05) is 58.4 Å². The van der Waals surface area contributed by atoms with Gasteiger partial charge in [-0.25, -0.2) is 10.9 Å². The van der Waals surface area contributed by atoms with E-state index in [1.54, 1.807) is 57.6 Å². The number of hydrogen-bond acceptors (Lipinski definition) is 16. The Morgan fingerprint density at radius 2 is 1.52 bits per heavy atom. The van der Waals surface area contributed by atoms with E-state index in [-0.39, 0.29) is 78.0 Å². The van der Waals surface area contributed by atoms with Crippen LogP contribution in [-0.2, 0) is 83.0 Å². The van der Waals surface area contributed by atoms with Crippen molar-refractivity contribution in [1.29, 1.82) is 0 Å². The van der Waals surface area contributed by atoms with Gasteiger partial charge in [0.2, 0.25) is 26.0 Å². The molecular formula is C83H115N7O14Si. The third-order valence-corrected chi connectivity index (χ3v) is 26.1. The van der Waals surface area contributed by atoms with Crippen molar-refractivity contribution in [1.82, 2.24) is 36.8 Å². The van der Waals surface area contributed by atoms with Gasteiger partial charge in [0.1, 0.15) is 59.7 Å². The van der Waals surface area contributed by atoms with E-state index in [9.17, 15) is 43.5 Å². The molecule has 5 aliphatic rings. The molecule has 4 bridgehead atoms. The monoisotopic (exact) mass is 1460 g/mol. The first-order chi connectivity index (χ1) is 49.9. The molecule has 0 spiro atoms. The van der Waals surface area contributed by atoms with Gasteiger partial charge in [0.25, 0.3) is 11.8 Å². The summed E-state index contributed by atoms with van der Waals surface area (Å²) < 4.78 is 30.1. The number of hydrogen-bond donors (Lipinski definition) is 6. The molecule has 0 unspecified atom stereocenters. The van der Waals surface area contributed by atoms with Crippen molar-refractivity contribution in [2.75, 3.05) is 27.3 Å². The van der Waals surface area contributed by atoms with Crippen LogP contribution in [0, 0.1) is 29.6 Å². The molecule has 3 heterocycles. The molecule has 3 aliphatic heterocycles. The Morgan fingerprint density at radius 3 is 2.22 bits per heavy atom. The highest BCUT2D eigenvalue weighted by Crippen LogP contribution is 2.40. The molecular weight excluding hydrogens is 1350 g/mol. The number of phenolic OH excluding ortho intramolecular Hbond substituents is 1. The Labute approximate surface area is 622 Å². The Morgan fingerprint density at radius 1 is 0.810 bits per heavy atom. The number of nitrogens with one attached hydrogen (secondary N) is 5. The van der Waals surface area contributed by atoms with Crippen LogP contribution < -0.4 is 31.2 Å². The molecule has 2 fully saturated rings. The number of amides is 5. The summed E-state index contributed by atoms with van der Waals surface area (Å²) in [6.07, 6.45) is 14.3. The van der Waals surface area contributed by atoms with Crippen LogP contribution in [0.4, 0.5) is 0 Å². The lowest BCUT2D eigenvalue weighted by Gasteiger charge is -2.37. The number of carbonyl (C=O) groups is 8. The Kier molecular flexibility index (Phi) is 29.7. The van der Waals surface area contributed by atoms with E-state index in [0.29, 0.717) is 88.6 Å². The van der Waals surface area contributed by atoms with Gasteiger partial charge in [0.05, 0.1) is 18.1 Å². The number of aromatic hydroxyl groups is 1. The van der Waals surface area contributed by atoms with E-state index in [0.717, 1.165) is 51.8 Å². The minimum atomic E-state index is -2.17. The largest absolute Gasteiger partial charge is 0.543 e. The summed E-state index contributed by atoms with van der Waals surface area (Å²) >= 11 is 0. The minimum absolute atomic E-state index is 0.0135. The van der Waals surface area contributed by atoms with Crippen LogP contribution in [0.25, 0.3) is 12.2 Å². The summed E-state index contributed by atoms with van der Waals surface area (Å²) in [4.78, 5) is 111. The van der Waals surface area contributed by atoms with E-state index in [1.807, 2.05) is 77.1 Å². The summed E-state index contributed by atoms with van der Waals surface area (Å²) in [6.45, 7) is 30.3. The molecule has 21 nitrogen and oxygen atoms in total. The first-order valence-electron chi connectivity index (χ1n) is 37.7. The number of fused-ring (bicyclic) bond motifs is 4. The van der Waals surface area contributed by atoms with Gasteiger partial charge in [-0.05, 0) is 188 Å². The second-order valence-corrected chi connectivity index (χ2v) is 35.8. The molecule has 5 amide bonds. The zero-order chi connectivity index (χ0) is 76.4. The molecule has 2 aliphatic carbocycles. The zero-order valence-electron chi connectivity index (χ0n) is 64.1. The average Bonchev–Trinajstić information content (AvgIpc) is 1.75. The third-order valence-electron chi connectivity index (χ3n) is 21.7. The van der Waals surface area contributed by atoms with Crippen molar-refractivity contribution in [2.45, 2.75) is 231 Å². The van der Waals surface area contributed by atoms with Crippen molar-refractivity contribution in [3.63, 3.8) is 0 Å². The number of methoxy groups -OCH3 is 2. The number of ether oxygens (including phenoxy) is 4. The van der Waals surface area contributed by atoms with Gasteiger partial charge in [-0.1, -0.05) is 142 Å². The number of Topliss-reactive ketones (excluding diaryl/α,β-unsaturated/α-hetero) is 1. The molecule has 105 heavy (non-hydrogen) atoms. The minimum Gasteiger partial charge on any atom is -0.543 e. The summed E-state index contributed by atoms with van der Waals surface area (Å²) in [5.41, 5.74) is 13.9. The van der Waals surface area contributed by atoms with Crippen LogP contribution in [-0.4, -0.2) is 140 Å². The highest BCUT2D eigenvalue weighted by Gasteiger charge is 2.42. The highest BCUT2D eigenvalue weighted by atomic mass is 28.4. The van der Waals surface area contributed by atoms with Crippen LogP contribution >= 0.6 is 0 Å². The van der Waals surface area contributed by atoms with E-state index < -0.39 is 91.8 Å². The van der Waals surface area contributed by atoms with E-state index in [2.05, 4.69) is 104 Å². The van der Waals surface area contributed by atoms with Crippen molar-refractivity contribution in [3.8, 4) is 11.5 Å². The number of carbonyl (C=O) groups excluding carboxylic acids is 8. The fourth-order valence-electron chi connectivity index (χ4n) is 14.1. The number of ketones is 1. The Hall–Kier alpha value is -8.28. The Balaban J connectivity index is 0.000000269. The lowest BCUT2D eigenvalue weighted by Crippen LogP contribution is -2.62. The van der Waals surface area contributed by atoms with Gasteiger partial charge in [-0.15, -0.1) is 6.58 Å². The molecule has 4 aromatic carbocycles. The lowest BCUT2D eigenvalue weighted by atomic mass is 9.84. The number of rotatable bonds is 22. The summed E-state index contributed by atoms with van der Waals surface area (Å²) in [5, 5.41) is 21.8. The highest BCUT2D eigenvalue weighted by molar-refractivity contribution is 6.74. The number of nitrogens with zero attached hydrogens (tertiary/aromatic N) is 2. The second kappa shape index (κ2) is 37.8. The molecule has 2 saturated heterocycles. The van der Waals surface area contributed by atoms with Crippen molar-refractivity contribution in [2.24, 2.45) is 29.6 Å². The Bertz CT molecular complexity index is 3750. The normalized spacial score (nSPS) is 23.3. The summed E-state index contributed by atoms with van der Waals surface area (Å²) in [5.74, 6) is -4.25. The van der Waals surface area contributed by atoms with E-state index in [4.69, 9.17) is 23.4 Å². The van der Waals surface area contributed by atoms with Crippen molar-refractivity contribution < 1.29 is 66.8 Å². The molecule has 0 radical (unpaired) electrons. The topological polar surface area (TPSA) is 270 Å². The molecule has 12 atom stereocenters. The maximum atomic E-state index is 14.5. The predicted molar refractivity (Wildman–Crippen MR) is 409 cm³/mol. The van der Waals surface area contributed by atoms with Gasteiger partial charge in [-0.3, -0.25) is 48.4 Å². The van der Waals surface area contributed by atoms with Crippen LogP contribution in [0.3, 0.4) is 0 Å². The van der Waals surface area contributed by atoms with Crippen LogP contribution in [0.15, 0.2) is 110 Å². The van der Waals surface area contributed by atoms with Crippen LogP contribution in [0.1, 0.15) is 190 Å². The first kappa shape index (κ1) is 82.4. The fourth-order valence-corrected chi connectivity index (χ4v) is 15.1. The zero-order valence-corrected chi connectivity index (χ0v) is 65.1. The first-order valence-corrected chi connectivity index (χ1v) is 40.6. The van der Waals surface area contributed by atoms with E-state index >= 15 is 0 Å². The third kappa shape index (κ3) is 22.2. The van der Waals surface area contributed by atoms with Crippen LogP contribution in [0.5, 0.6) is 11.5 Å². The van der Waals surface area contributed by atoms with Crippen LogP contribution in [0.2, 0.25) is 18.1 Å². The molecule has 22 heteroatoms. The van der Waals surface area contributed by atoms with Gasteiger partial charge in [0.15, 0.2) is 0 Å². The fraction of sp³-hybridized carbons (Fsp3) is 0.542. The van der Waals surface area contributed by atoms with Gasteiger partial charge >= 0.3 is 11.9 Å². The maximum absolute atomic E-state index is 14.5. The standard InChI is InChI=1S/C45H66N4O7Si.C38H49N3O7/c1-12-14-20-38(54-9)30(5)41(50)47-40(29(3)4)42(51)46-37(28-32-17-15-18-34(26-32)56-57(10,11)45(6,7)8)43(52)49-25-16-19-36(48-49)44(53)55-39-24-23-33-22-21-31(13-2)27-35(33)39;1-23(2)29-22-33(43)24(3)34(47-4)13-6-5-9-25-14-15-27-16-17-35(30(27)20-25)48-38(46)31-12-8-18-41(40-31)37(45)32(39-36(29)44)21-26-10-7-11-28(42)19-26/h12-13,15,17-18,21-22,26-27,29-30,36-40,48H,1-2,14,16,19-20,23-25,28H2,3-11H3,(H,46,51)(H,47,50);5,7,9-11,14-15,19-20,23-24,29,31-32,34-35,40,42H,6,8,12-13,16-18,21-22H2,1-4H3,(H,39,44)/b;9-5+/t30-,36+,37+,38-,39-,40+;24-,29-,31-,32-,34+,35+/m10/s1. The van der Waals surface area contributed by atoms with Crippen molar-refractivity contribution >= 4 is 67.7 Å². The molecule has 0 saturated carbocycles. The molecule has 9 rings (SSSR count). The number of aryl methyl sites for hydroxylation is 2. The van der Waals surface area contributed by atoms with Gasteiger partial charge in [-0.2, -0.15) is 0 Å². The van der Waals surface area contributed by atoms with E-state index in [1.165, 1.54) is 10.0 Å². The summed E-state index contributed by atoms with van der Waals surface area (Å²) in [7, 11) is 1.00. The smallest absolute Gasteiger partial charge is 0.325 e. The molecule has 0 aromatic heterocycles. The maximum Gasteiger partial charge on any atom is 0.325 e.